The van der Waals surface area contributed by atoms with Gasteiger partial charge in [0.1, 0.15) is 5.75 Å². The van der Waals surface area contributed by atoms with Crippen molar-refractivity contribution in [1.29, 1.82) is 0 Å². The molecule has 1 saturated heterocycles. The van der Waals surface area contributed by atoms with Crippen molar-refractivity contribution in [2.75, 3.05) is 20.2 Å². The van der Waals surface area contributed by atoms with Crippen LogP contribution in [0.3, 0.4) is 0 Å². The molecule has 2 N–H and O–H groups in total. The summed E-state index contributed by atoms with van der Waals surface area (Å²) in [6.07, 6.45) is 0. The third-order valence-corrected chi connectivity index (χ3v) is 4.53. The molecule has 3 nitrogen and oxygen atoms in total. The summed E-state index contributed by atoms with van der Waals surface area (Å²) < 4.78 is 5.61. The molecule has 2 atom stereocenters. The molecule has 2 aromatic rings. The van der Waals surface area contributed by atoms with Gasteiger partial charge in [0.25, 0.3) is 0 Å². The highest BCUT2D eigenvalue weighted by Crippen LogP contribution is 2.29. The van der Waals surface area contributed by atoms with Gasteiger partial charge in [0, 0.05) is 31.2 Å². The molecule has 22 heavy (non-hydrogen) atoms. The molecule has 0 amide bonds. The first-order valence-electron chi connectivity index (χ1n) is 7.87. The number of rotatable bonds is 4. The molecular formula is C19H24N2O. The van der Waals surface area contributed by atoms with E-state index in [0.29, 0.717) is 5.92 Å². The Morgan fingerprint density at radius 2 is 1.86 bits per heavy atom. The summed E-state index contributed by atoms with van der Waals surface area (Å²) in [5, 5.41) is 0. The van der Waals surface area contributed by atoms with Crippen LogP contribution < -0.4 is 10.5 Å². The molecule has 2 unspecified atom stereocenters. The van der Waals surface area contributed by atoms with E-state index in [4.69, 9.17) is 10.5 Å². The minimum absolute atomic E-state index is 0.287. The van der Waals surface area contributed by atoms with E-state index < -0.39 is 0 Å². The summed E-state index contributed by atoms with van der Waals surface area (Å²) >= 11 is 0. The minimum atomic E-state index is 0.287. The molecule has 0 aliphatic carbocycles. The first-order chi connectivity index (χ1) is 10.7. The van der Waals surface area contributed by atoms with E-state index >= 15 is 0 Å². The van der Waals surface area contributed by atoms with Gasteiger partial charge in [-0.15, -0.1) is 0 Å². The quantitative estimate of drug-likeness (QED) is 0.942. The van der Waals surface area contributed by atoms with Crippen molar-refractivity contribution in [3.63, 3.8) is 0 Å². The average molecular weight is 296 g/mol. The zero-order valence-corrected chi connectivity index (χ0v) is 13.3. The molecular weight excluding hydrogens is 272 g/mol. The summed E-state index contributed by atoms with van der Waals surface area (Å²) in [5.41, 5.74) is 9.75. The summed E-state index contributed by atoms with van der Waals surface area (Å²) in [6.45, 7) is 5.15. The number of benzene rings is 2. The van der Waals surface area contributed by atoms with Crippen LogP contribution in [0.15, 0.2) is 48.5 Å². The third-order valence-electron chi connectivity index (χ3n) is 4.53. The predicted octanol–water partition coefficient (Wildman–Crippen LogP) is 3.14. The van der Waals surface area contributed by atoms with E-state index in [1.807, 2.05) is 6.07 Å². The molecule has 1 aliphatic heterocycles. The Kier molecular flexibility index (Phi) is 4.46. The lowest BCUT2D eigenvalue weighted by atomic mass is 10.0. The van der Waals surface area contributed by atoms with Gasteiger partial charge in [0.2, 0.25) is 0 Å². The molecule has 1 heterocycles. The van der Waals surface area contributed by atoms with Crippen molar-refractivity contribution in [3.05, 3.63) is 54.1 Å². The van der Waals surface area contributed by atoms with Gasteiger partial charge in [-0.2, -0.15) is 0 Å². The maximum atomic E-state index is 6.12. The molecule has 3 rings (SSSR count). The summed E-state index contributed by atoms with van der Waals surface area (Å²) in [6, 6.07) is 17.2. The van der Waals surface area contributed by atoms with Crippen LogP contribution in [0.5, 0.6) is 5.75 Å². The van der Waals surface area contributed by atoms with Gasteiger partial charge in [-0.1, -0.05) is 49.4 Å². The SMILES string of the molecule is COc1cc(-c2ccccc2)ccc1CN1CC(C)C(N)C1. The molecule has 0 radical (unpaired) electrons. The summed E-state index contributed by atoms with van der Waals surface area (Å²) in [4.78, 5) is 2.41. The smallest absolute Gasteiger partial charge is 0.123 e. The Morgan fingerprint density at radius 1 is 1.09 bits per heavy atom. The van der Waals surface area contributed by atoms with Crippen LogP contribution in [0.25, 0.3) is 11.1 Å². The lowest BCUT2D eigenvalue weighted by Gasteiger charge is -2.18. The highest BCUT2D eigenvalue weighted by atomic mass is 16.5. The van der Waals surface area contributed by atoms with Crippen molar-refractivity contribution in [3.8, 4) is 16.9 Å². The molecule has 1 fully saturated rings. The van der Waals surface area contributed by atoms with E-state index in [1.165, 1.54) is 16.7 Å². The van der Waals surface area contributed by atoms with Gasteiger partial charge in [-0.3, -0.25) is 4.90 Å². The Balaban J connectivity index is 1.81. The molecule has 0 bridgehead atoms. The standard InChI is InChI=1S/C19H24N2O/c1-14-11-21(13-18(14)20)12-17-9-8-16(10-19(17)22-2)15-6-4-3-5-7-15/h3-10,14,18H,11-13,20H2,1-2H3. The molecule has 2 aromatic carbocycles. The van der Waals surface area contributed by atoms with Crippen LogP contribution in [0.1, 0.15) is 12.5 Å². The maximum absolute atomic E-state index is 6.12. The van der Waals surface area contributed by atoms with Crippen molar-refractivity contribution in [2.24, 2.45) is 11.7 Å². The second-order valence-corrected chi connectivity index (χ2v) is 6.23. The first-order valence-corrected chi connectivity index (χ1v) is 7.87. The zero-order valence-electron chi connectivity index (χ0n) is 13.3. The Hall–Kier alpha value is -1.84. The van der Waals surface area contributed by atoms with Crippen LogP contribution in [-0.4, -0.2) is 31.1 Å². The third kappa shape index (κ3) is 3.16. The van der Waals surface area contributed by atoms with Crippen LogP contribution >= 0.6 is 0 Å². The molecule has 3 heteroatoms. The number of ether oxygens (including phenoxy) is 1. The van der Waals surface area contributed by atoms with E-state index in [0.717, 1.165) is 25.4 Å². The molecule has 0 aromatic heterocycles. The fraction of sp³-hybridized carbons (Fsp3) is 0.368. The molecule has 0 spiro atoms. The second kappa shape index (κ2) is 6.51. The average Bonchev–Trinajstić information content (AvgIpc) is 2.86. The summed E-state index contributed by atoms with van der Waals surface area (Å²) in [5.74, 6) is 1.52. The van der Waals surface area contributed by atoms with E-state index in [-0.39, 0.29) is 6.04 Å². The lowest BCUT2D eigenvalue weighted by molar-refractivity contribution is 0.310. The van der Waals surface area contributed by atoms with Gasteiger partial charge in [-0.25, -0.2) is 0 Å². The second-order valence-electron chi connectivity index (χ2n) is 6.23. The number of nitrogens with zero attached hydrogens (tertiary/aromatic N) is 1. The van der Waals surface area contributed by atoms with Crippen LogP contribution in [-0.2, 0) is 6.54 Å². The normalized spacial score (nSPS) is 22.0. The number of hydrogen-bond donors (Lipinski definition) is 1. The highest BCUT2D eigenvalue weighted by molar-refractivity contribution is 5.66. The van der Waals surface area contributed by atoms with E-state index in [1.54, 1.807) is 7.11 Å². The van der Waals surface area contributed by atoms with Gasteiger partial charge in [-0.05, 0) is 23.1 Å². The van der Waals surface area contributed by atoms with Gasteiger partial charge in [0.05, 0.1) is 7.11 Å². The van der Waals surface area contributed by atoms with Crippen molar-refractivity contribution >= 4 is 0 Å². The van der Waals surface area contributed by atoms with Gasteiger partial charge >= 0.3 is 0 Å². The Morgan fingerprint density at radius 3 is 2.50 bits per heavy atom. The highest BCUT2D eigenvalue weighted by Gasteiger charge is 2.26. The van der Waals surface area contributed by atoms with Crippen LogP contribution in [0.4, 0.5) is 0 Å². The molecule has 116 valence electrons. The number of likely N-dealkylation sites (tertiary alicyclic amines) is 1. The largest absolute Gasteiger partial charge is 0.496 e. The monoisotopic (exact) mass is 296 g/mol. The fourth-order valence-corrected chi connectivity index (χ4v) is 3.15. The van der Waals surface area contributed by atoms with Crippen LogP contribution in [0, 0.1) is 5.92 Å². The fourth-order valence-electron chi connectivity index (χ4n) is 3.15. The van der Waals surface area contributed by atoms with Crippen molar-refractivity contribution in [2.45, 2.75) is 19.5 Å². The minimum Gasteiger partial charge on any atom is -0.496 e. The van der Waals surface area contributed by atoms with Crippen LogP contribution in [0.2, 0.25) is 0 Å². The Bertz CT molecular complexity index is 617. The van der Waals surface area contributed by atoms with E-state index in [9.17, 15) is 0 Å². The Labute approximate surface area is 132 Å². The summed E-state index contributed by atoms with van der Waals surface area (Å²) in [7, 11) is 1.74. The predicted molar refractivity (Wildman–Crippen MR) is 90.8 cm³/mol. The topological polar surface area (TPSA) is 38.5 Å². The lowest BCUT2D eigenvalue weighted by Crippen LogP contribution is -2.28. The van der Waals surface area contributed by atoms with Crippen molar-refractivity contribution < 1.29 is 4.74 Å². The van der Waals surface area contributed by atoms with Gasteiger partial charge < -0.3 is 10.5 Å². The molecule has 1 aliphatic rings. The number of nitrogens with two attached hydrogens (primary N) is 1. The van der Waals surface area contributed by atoms with E-state index in [2.05, 4.69) is 54.3 Å². The van der Waals surface area contributed by atoms with Crippen molar-refractivity contribution in [1.82, 2.24) is 4.90 Å². The number of methoxy groups -OCH3 is 1. The van der Waals surface area contributed by atoms with Gasteiger partial charge in [0.15, 0.2) is 0 Å². The molecule has 0 saturated carbocycles. The maximum Gasteiger partial charge on any atom is 0.123 e. The first kappa shape index (κ1) is 15.1. The zero-order chi connectivity index (χ0) is 15.5. The number of hydrogen-bond acceptors (Lipinski definition) is 3.